The van der Waals surface area contributed by atoms with E-state index in [2.05, 4.69) is 5.32 Å². The van der Waals surface area contributed by atoms with E-state index < -0.39 is 11.8 Å². The van der Waals surface area contributed by atoms with Gasteiger partial charge in [-0.25, -0.2) is 0 Å². The van der Waals surface area contributed by atoms with Crippen molar-refractivity contribution in [3.8, 4) is 0 Å². The van der Waals surface area contributed by atoms with Crippen molar-refractivity contribution < 1.29 is 23.9 Å². The van der Waals surface area contributed by atoms with E-state index in [0.717, 1.165) is 24.2 Å². The van der Waals surface area contributed by atoms with E-state index in [1.54, 1.807) is 12.1 Å². The topological polar surface area (TPSA) is 96.0 Å². The minimum atomic E-state index is -0.395. The van der Waals surface area contributed by atoms with Gasteiger partial charge in [-0.15, -0.1) is 0 Å². The van der Waals surface area contributed by atoms with Crippen molar-refractivity contribution in [2.45, 2.75) is 38.1 Å². The maximum Gasteiger partial charge on any atom is 0.255 e. The van der Waals surface area contributed by atoms with Crippen LogP contribution in [-0.2, 0) is 19.1 Å². The number of amides is 4. The molecule has 4 amide bonds. The van der Waals surface area contributed by atoms with Gasteiger partial charge in [0, 0.05) is 37.7 Å². The molecule has 1 aromatic carbocycles. The van der Waals surface area contributed by atoms with Crippen LogP contribution in [0.1, 0.15) is 42.5 Å². The highest BCUT2D eigenvalue weighted by molar-refractivity contribution is 5.98. The Morgan fingerprint density at radius 1 is 1.07 bits per heavy atom. The molecular weight excluding hydrogens is 374 g/mol. The molecule has 3 rings (SSSR count). The van der Waals surface area contributed by atoms with Crippen LogP contribution in [0, 0.1) is 0 Å². The van der Waals surface area contributed by atoms with Crippen molar-refractivity contribution in [1.82, 2.24) is 15.1 Å². The molecule has 2 aliphatic heterocycles. The number of nitrogens with zero attached hydrogens (tertiary/aromatic N) is 2. The predicted molar refractivity (Wildman–Crippen MR) is 105 cm³/mol. The van der Waals surface area contributed by atoms with Gasteiger partial charge in [-0.2, -0.15) is 0 Å². The molecule has 0 unspecified atom stereocenters. The lowest BCUT2D eigenvalue weighted by molar-refractivity contribution is -0.158. The molecule has 2 saturated heterocycles. The average Bonchev–Trinajstić information content (AvgIpc) is 2.74. The van der Waals surface area contributed by atoms with Crippen LogP contribution in [0.4, 0.5) is 0 Å². The predicted octanol–water partition coefficient (Wildman–Crippen LogP) is 0.963. The normalized spacial score (nSPS) is 19.9. The summed E-state index contributed by atoms with van der Waals surface area (Å²) < 4.78 is 4.89. The van der Waals surface area contributed by atoms with Crippen LogP contribution in [0.3, 0.4) is 0 Å². The molecular formula is C21H27N3O5. The molecule has 0 radical (unpaired) electrons. The summed E-state index contributed by atoms with van der Waals surface area (Å²) >= 11 is 0. The van der Waals surface area contributed by atoms with E-state index in [1.165, 1.54) is 0 Å². The number of carbonyl (C=O) groups excluding carboxylic acids is 4. The Hall–Kier alpha value is -2.74. The number of likely N-dealkylation sites (tertiary alicyclic amines) is 1. The number of morpholine rings is 1. The summed E-state index contributed by atoms with van der Waals surface area (Å²) in [5, 5.41) is 2.91. The molecule has 0 bridgehead atoms. The molecule has 0 spiro atoms. The highest BCUT2D eigenvalue weighted by Crippen LogP contribution is 2.20. The number of hydrogen-bond acceptors (Lipinski definition) is 5. The van der Waals surface area contributed by atoms with Gasteiger partial charge in [-0.1, -0.05) is 18.2 Å². The van der Waals surface area contributed by atoms with Crippen LogP contribution < -0.4 is 5.32 Å². The minimum Gasteiger partial charge on any atom is -0.362 e. The quantitative estimate of drug-likeness (QED) is 0.687. The lowest BCUT2D eigenvalue weighted by atomic mass is 9.98. The summed E-state index contributed by atoms with van der Waals surface area (Å²) in [6.45, 7) is 1.01. The maximum absolute atomic E-state index is 12.7. The van der Waals surface area contributed by atoms with Crippen LogP contribution in [0.5, 0.6) is 0 Å². The molecule has 1 N–H and O–H groups in total. The first-order valence-electron chi connectivity index (χ1n) is 10.1. The lowest BCUT2D eigenvalue weighted by Crippen LogP contribution is -2.49. The summed E-state index contributed by atoms with van der Waals surface area (Å²) in [5.41, 5.74) is 0.615. The Morgan fingerprint density at radius 3 is 2.52 bits per heavy atom. The van der Waals surface area contributed by atoms with E-state index in [4.69, 9.17) is 4.74 Å². The lowest BCUT2D eigenvalue weighted by Gasteiger charge is -2.36. The highest BCUT2D eigenvalue weighted by Gasteiger charge is 2.30. The molecule has 2 fully saturated rings. The van der Waals surface area contributed by atoms with Crippen molar-refractivity contribution in [2.24, 2.45) is 0 Å². The van der Waals surface area contributed by atoms with E-state index in [9.17, 15) is 19.2 Å². The maximum atomic E-state index is 12.7. The monoisotopic (exact) mass is 401 g/mol. The second-order valence-corrected chi connectivity index (χ2v) is 7.33. The first-order valence-corrected chi connectivity index (χ1v) is 10.1. The second kappa shape index (κ2) is 10.2. The fraction of sp³-hybridized carbons (Fsp3) is 0.524. The van der Waals surface area contributed by atoms with E-state index in [-0.39, 0.29) is 44.0 Å². The van der Waals surface area contributed by atoms with Crippen molar-refractivity contribution >= 4 is 23.6 Å². The van der Waals surface area contributed by atoms with Crippen molar-refractivity contribution in [2.75, 3.05) is 32.8 Å². The average molecular weight is 401 g/mol. The molecule has 2 heterocycles. The molecule has 0 saturated carbocycles. The van der Waals surface area contributed by atoms with Gasteiger partial charge in [0.05, 0.1) is 0 Å². The van der Waals surface area contributed by atoms with Gasteiger partial charge in [-0.05, 0) is 37.8 Å². The molecule has 0 aliphatic carbocycles. The molecule has 2 aliphatic rings. The van der Waals surface area contributed by atoms with Crippen LogP contribution in [0.15, 0.2) is 30.3 Å². The van der Waals surface area contributed by atoms with Crippen LogP contribution >= 0.6 is 0 Å². The van der Waals surface area contributed by atoms with Crippen LogP contribution in [0.25, 0.3) is 0 Å². The van der Waals surface area contributed by atoms with Gasteiger partial charge in [0.15, 0.2) is 0 Å². The Morgan fingerprint density at radius 2 is 1.79 bits per heavy atom. The third-order valence-electron chi connectivity index (χ3n) is 5.35. The molecule has 0 aromatic heterocycles. The van der Waals surface area contributed by atoms with Gasteiger partial charge < -0.3 is 15.0 Å². The number of ether oxygens (including phenoxy) is 1. The smallest absolute Gasteiger partial charge is 0.255 e. The second-order valence-electron chi connectivity index (χ2n) is 7.33. The van der Waals surface area contributed by atoms with Crippen molar-refractivity contribution in [1.29, 1.82) is 0 Å². The van der Waals surface area contributed by atoms with E-state index in [1.807, 2.05) is 23.1 Å². The minimum absolute atomic E-state index is 0.0587. The van der Waals surface area contributed by atoms with Crippen molar-refractivity contribution in [3.63, 3.8) is 0 Å². The summed E-state index contributed by atoms with van der Waals surface area (Å²) in [6, 6.07) is 9.09. The van der Waals surface area contributed by atoms with E-state index in [0.29, 0.717) is 25.1 Å². The Bertz CT molecular complexity index is 736. The number of imide groups is 1. The zero-order valence-electron chi connectivity index (χ0n) is 16.5. The Labute approximate surface area is 170 Å². The highest BCUT2D eigenvalue weighted by atomic mass is 16.5. The molecule has 156 valence electrons. The summed E-state index contributed by atoms with van der Waals surface area (Å²) in [6.07, 6.45) is 3.67. The summed E-state index contributed by atoms with van der Waals surface area (Å²) in [4.78, 5) is 51.5. The van der Waals surface area contributed by atoms with Gasteiger partial charge in [-0.3, -0.25) is 24.1 Å². The summed E-state index contributed by atoms with van der Waals surface area (Å²) in [7, 11) is 0. The largest absolute Gasteiger partial charge is 0.362 e. The number of carbonyl (C=O) groups is 4. The molecule has 8 nitrogen and oxygen atoms in total. The molecule has 1 aromatic rings. The zero-order chi connectivity index (χ0) is 20.6. The third-order valence-corrected chi connectivity index (χ3v) is 5.35. The fourth-order valence-electron chi connectivity index (χ4n) is 3.79. The number of piperidine rings is 1. The number of nitrogens with one attached hydrogen (secondary N) is 1. The Kier molecular flexibility index (Phi) is 7.35. The zero-order valence-corrected chi connectivity index (χ0v) is 16.5. The first kappa shape index (κ1) is 21.0. The SMILES string of the molecule is O=C(NCC[C@H]1CCCCN1C(=O)CCN1C(=O)COCC1=O)c1ccccc1. The van der Waals surface area contributed by atoms with Gasteiger partial charge >= 0.3 is 0 Å². The van der Waals surface area contributed by atoms with Crippen LogP contribution in [-0.4, -0.2) is 72.3 Å². The third kappa shape index (κ3) is 5.63. The van der Waals surface area contributed by atoms with E-state index >= 15 is 0 Å². The number of benzene rings is 1. The summed E-state index contributed by atoms with van der Waals surface area (Å²) in [5.74, 6) is -0.972. The fourth-order valence-corrected chi connectivity index (χ4v) is 3.79. The van der Waals surface area contributed by atoms with Gasteiger partial charge in [0.2, 0.25) is 5.91 Å². The standard InChI is InChI=1S/C21H27N3O5/c25-18(10-13-24-19(26)14-29-15-20(24)27)23-12-5-4-8-17(23)9-11-22-21(28)16-6-2-1-3-7-16/h1-3,6-7,17H,4-5,8-15H2,(H,22,28)/t17-/m1/s1. The molecule has 1 atom stereocenters. The van der Waals surface area contributed by atoms with Crippen LogP contribution in [0.2, 0.25) is 0 Å². The Balaban J connectivity index is 1.48. The van der Waals surface area contributed by atoms with Gasteiger partial charge in [0.1, 0.15) is 13.2 Å². The molecule has 29 heavy (non-hydrogen) atoms. The first-order chi connectivity index (χ1) is 14.1. The van der Waals surface area contributed by atoms with Gasteiger partial charge in [0.25, 0.3) is 17.7 Å². The number of rotatable bonds is 7. The number of hydrogen-bond donors (Lipinski definition) is 1. The van der Waals surface area contributed by atoms with Crippen molar-refractivity contribution in [3.05, 3.63) is 35.9 Å². The molecule has 8 heteroatoms.